The Kier molecular flexibility index (Phi) is 4.07. The number of hydrogen-bond donors (Lipinski definition) is 1. The van der Waals surface area contributed by atoms with Gasteiger partial charge in [-0.15, -0.1) is 0 Å². The molecule has 1 aliphatic rings. The van der Waals surface area contributed by atoms with Gasteiger partial charge in [-0.25, -0.2) is 9.97 Å². The highest BCUT2D eigenvalue weighted by molar-refractivity contribution is 5.36. The molecule has 0 radical (unpaired) electrons. The van der Waals surface area contributed by atoms with Crippen molar-refractivity contribution in [3.63, 3.8) is 0 Å². The maximum atomic E-state index is 5.58. The van der Waals surface area contributed by atoms with Crippen molar-refractivity contribution in [3.05, 3.63) is 18.6 Å². The van der Waals surface area contributed by atoms with E-state index >= 15 is 0 Å². The first kappa shape index (κ1) is 11.3. The summed E-state index contributed by atoms with van der Waals surface area (Å²) < 4.78 is 0. The summed E-state index contributed by atoms with van der Waals surface area (Å²) in [4.78, 5) is 13.0. The molecular formula is C11H19N5. The highest BCUT2D eigenvalue weighted by Crippen LogP contribution is 2.11. The average Bonchev–Trinajstić information content (AvgIpc) is 2.57. The quantitative estimate of drug-likeness (QED) is 0.775. The fourth-order valence-electron chi connectivity index (χ4n) is 2.08. The first-order valence-electron chi connectivity index (χ1n) is 5.83. The van der Waals surface area contributed by atoms with Crippen LogP contribution in [0, 0.1) is 0 Å². The number of nitrogens with two attached hydrogens (primary N) is 1. The van der Waals surface area contributed by atoms with Gasteiger partial charge in [-0.1, -0.05) is 0 Å². The molecule has 1 aromatic heterocycles. The molecule has 1 aliphatic heterocycles. The van der Waals surface area contributed by atoms with Crippen LogP contribution in [0.15, 0.2) is 18.6 Å². The Labute approximate surface area is 96.3 Å². The molecule has 0 spiro atoms. The molecule has 2 heterocycles. The van der Waals surface area contributed by atoms with Gasteiger partial charge < -0.3 is 15.5 Å². The molecule has 0 saturated carbocycles. The monoisotopic (exact) mass is 221 g/mol. The Balaban J connectivity index is 1.94. The van der Waals surface area contributed by atoms with Gasteiger partial charge in [0.05, 0.1) is 0 Å². The van der Waals surface area contributed by atoms with Crippen molar-refractivity contribution in [2.24, 2.45) is 5.73 Å². The van der Waals surface area contributed by atoms with Gasteiger partial charge >= 0.3 is 0 Å². The van der Waals surface area contributed by atoms with Crippen LogP contribution < -0.4 is 10.6 Å². The summed E-state index contributed by atoms with van der Waals surface area (Å²) in [6, 6.07) is 1.97. The molecule has 1 fully saturated rings. The van der Waals surface area contributed by atoms with E-state index in [2.05, 4.69) is 19.8 Å². The second kappa shape index (κ2) is 5.77. The summed E-state index contributed by atoms with van der Waals surface area (Å²) >= 11 is 0. The van der Waals surface area contributed by atoms with E-state index in [1.165, 1.54) is 6.42 Å². The highest BCUT2D eigenvalue weighted by atomic mass is 15.2. The molecular weight excluding hydrogens is 202 g/mol. The lowest BCUT2D eigenvalue weighted by molar-refractivity contribution is 0.302. The minimum absolute atomic E-state index is 0.744. The van der Waals surface area contributed by atoms with Crippen molar-refractivity contribution < 1.29 is 0 Å². The third-order valence-electron chi connectivity index (χ3n) is 2.92. The zero-order chi connectivity index (χ0) is 11.2. The normalized spacial score (nSPS) is 18.4. The summed E-state index contributed by atoms with van der Waals surface area (Å²) in [6.45, 7) is 6.04. The van der Waals surface area contributed by atoms with Crippen molar-refractivity contribution in [2.45, 2.75) is 6.42 Å². The van der Waals surface area contributed by atoms with Crippen molar-refractivity contribution in [2.75, 3.05) is 44.2 Å². The van der Waals surface area contributed by atoms with Gasteiger partial charge in [-0.05, 0) is 19.0 Å². The third kappa shape index (κ3) is 2.90. The van der Waals surface area contributed by atoms with Crippen LogP contribution in [0.3, 0.4) is 0 Å². The minimum Gasteiger partial charge on any atom is -0.355 e. The lowest BCUT2D eigenvalue weighted by atomic mass is 10.3. The zero-order valence-corrected chi connectivity index (χ0v) is 9.55. The zero-order valence-electron chi connectivity index (χ0n) is 9.55. The van der Waals surface area contributed by atoms with Crippen LogP contribution in [-0.4, -0.2) is 54.1 Å². The summed E-state index contributed by atoms with van der Waals surface area (Å²) in [5.74, 6) is 1.03. The number of aromatic nitrogens is 2. The summed E-state index contributed by atoms with van der Waals surface area (Å²) in [7, 11) is 0. The predicted molar refractivity (Wildman–Crippen MR) is 64.4 cm³/mol. The molecule has 2 rings (SSSR count). The van der Waals surface area contributed by atoms with Crippen LogP contribution in [0.2, 0.25) is 0 Å². The molecule has 0 aliphatic carbocycles. The maximum Gasteiger partial charge on any atom is 0.131 e. The first-order valence-corrected chi connectivity index (χ1v) is 5.83. The van der Waals surface area contributed by atoms with Gasteiger partial charge in [0.15, 0.2) is 0 Å². The predicted octanol–water partition coefficient (Wildman–Crippen LogP) is -0.0526. The molecule has 88 valence electrons. The topological polar surface area (TPSA) is 58.3 Å². The van der Waals surface area contributed by atoms with Crippen molar-refractivity contribution in [3.8, 4) is 0 Å². The third-order valence-corrected chi connectivity index (χ3v) is 2.92. The Morgan fingerprint density at radius 2 is 2.19 bits per heavy atom. The standard InChI is InChI=1S/C11H19N5/c12-3-7-15-5-1-6-16(9-8-15)11-2-4-13-10-14-11/h2,4,10H,1,3,5-9,12H2. The second-order valence-corrected chi connectivity index (χ2v) is 4.04. The number of hydrogen-bond acceptors (Lipinski definition) is 5. The summed E-state index contributed by atoms with van der Waals surface area (Å²) in [5, 5.41) is 0. The number of rotatable bonds is 3. The Bertz CT molecular complexity index is 303. The summed E-state index contributed by atoms with van der Waals surface area (Å²) in [5.41, 5.74) is 5.58. The SMILES string of the molecule is NCCN1CCCN(c2ccncn2)CC1. The second-order valence-electron chi connectivity index (χ2n) is 4.04. The van der Waals surface area contributed by atoms with E-state index in [9.17, 15) is 0 Å². The van der Waals surface area contributed by atoms with Crippen LogP contribution >= 0.6 is 0 Å². The molecule has 0 aromatic carbocycles. The van der Waals surface area contributed by atoms with Crippen molar-refractivity contribution in [1.82, 2.24) is 14.9 Å². The van der Waals surface area contributed by atoms with E-state index in [0.717, 1.165) is 45.1 Å². The van der Waals surface area contributed by atoms with Crippen LogP contribution in [-0.2, 0) is 0 Å². The van der Waals surface area contributed by atoms with Crippen LogP contribution in [0.1, 0.15) is 6.42 Å². The Morgan fingerprint density at radius 3 is 2.94 bits per heavy atom. The number of anilines is 1. The maximum absolute atomic E-state index is 5.58. The van der Waals surface area contributed by atoms with E-state index in [-0.39, 0.29) is 0 Å². The fraction of sp³-hybridized carbons (Fsp3) is 0.636. The molecule has 0 atom stereocenters. The lowest BCUT2D eigenvalue weighted by Crippen LogP contribution is -2.34. The minimum atomic E-state index is 0.744. The Morgan fingerprint density at radius 1 is 1.25 bits per heavy atom. The fourth-order valence-corrected chi connectivity index (χ4v) is 2.08. The molecule has 2 N–H and O–H groups in total. The van der Waals surface area contributed by atoms with Crippen LogP contribution in [0.5, 0.6) is 0 Å². The van der Waals surface area contributed by atoms with Gasteiger partial charge in [0, 0.05) is 38.9 Å². The molecule has 0 bridgehead atoms. The van der Waals surface area contributed by atoms with Crippen LogP contribution in [0.4, 0.5) is 5.82 Å². The molecule has 0 unspecified atom stereocenters. The average molecular weight is 221 g/mol. The lowest BCUT2D eigenvalue weighted by Gasteiger charge is -2.22. The van der Waals surface area contributed by atoms with E-state index < -0.39 is 0 Å². The molecule has 5 nitrogen and oxygen atoms in total. The summed E-state index contributed by atoms with van der Waals surface area (Å²) in [6.07, 6.45) is 4.58. The van der Waals surface area contributed by atoms with Gasteiger partial charge in [-0.2, -0.15) is 0 Å². The smallest absolute Gasteiger partial charge is 0.131 e. The van der Waals surface area contributed by atoms with E-state index in [1.54, 1.807) is 12.5 Å². The molecule has 1 saturated heterocycles. The van der Waals surface area contributed by atoms with E-state index in [4.69, 9.17) is 5.73 Å². The number of nitrogens with zero attached hydrogens (tertiary/aromatic N) is 4. The van der Waals surface area contributed by atoms with Gasteiger partial charge in [0.1, 0.15) is 12.1 Å². The highest BCUT2D eigenvalue weighted by Gasteiger charge is 2.14. The largest absolute Gasteiger partial charge is 0.355 e. The first-order chi connectivity index (χ1) is 7.90. The van der Waals surface area contributed by atoms with Crippen molar-refractivity contribution >= 4 is 5.82 Å². The molecule has 5 heteroatoms. The van der Waals surface area contributed by atoms with Gasteiger partial charge in [0.2, 0.25) is 0 Å². The molecule has 16 heavy (non-hydrogen) atoms. The Hall–Kier alpha value is -1.20. The molecule has 1 aromatic rings. The van der Waals surface area contributed by atoms with E-state index in [0.29, 0.717) is 0 Å². The van der Waals surface area contributed by atoms with Crippen LogP contribution in [0.25, 0.3) is 0 Å². The van der Waals surface area contributed by atoms with Crippen molar-refractivity contribution in [1.29, 1.82) is 0 Å². The van der Waals surface area contributed by atoms with Gasteiger partial charge in [-0.3, -0.25) is 0 Å². The van der Waals surface area contributed by atoms with Gasteiger partial charge in [0.25, 0.3) is 0 Å². The molecule has 0 amide bonds. The van der Waals surface area contributed by atoms with E-state index in [1.807, 2.05) is 6.07 Å².